The van der Waals surface area contributed by atoms with E-state index in [4.69, 9.17) is 5.73 Å². The normalized spacial score (nSPS) is 17.3. The minimum Gasteiger partial charge on any atom is -0.355 e. The zero-order valence-corrected chi connectivity index (χ0v) is 14.0. The van der Waals surface area contributed by atoms with Gasteiger partial charge in [0, 0.05) is 26.2 Å². The molecule has 23 heavy (non-hydrogen) atoms. The number of halogens is 2. The molecule has 1 unspecified atom stereocenters. The first-order valence-corrected chi connectivity index (χ1v) is 7.56. The van der Waals surface area contributed by atoms with Gasteiger partial charge in [0.05, 0.1) is 11.5 Å². The molecular formula is C16H23ClFN3O2. The molecule has 2 amide bonds. The Balaban J connectivity index is 0.00000264. The molecule has 1 saturated heterocycles. The fraction of sp³-hybridized carbons (Fsp3) is 0.500. The Bertz CT molecular complexity index is 568. The van der Waals surface area contributed by atoms with Crippen LogP contribution in [0.15, 0.2) is 18.2 Å². The fourth-order valence-electron chi connectivity index (χ4n) is 2.68. The number of aryl methyl sites for hydroxylation is 1. The third-order valence-corrected chi connectivity index (χ3v) is 3.88. The Morgan fingerprint density at radius 1 is 1.43 bits per heavy atom. The Labute approximate surface area is 141 Å². The van der Waals surface area contributed by atoms with E-state index in [1.165, 1.54) is 12.1 Å². The van der Waals surface area contributed by atoms with Crippen molar-refractivity contribution >= 4 is 24.2 Å². The maximum Gasteiger partial charge on any atom is 0.256 e. The van der Waals surface area contributed by atoms with E-state index in [0.717, 1.165) is 18.4 Å². The van der Waals surface area contributed by atoms with E-state index in [0.29, 0.717) is 26.2 Å². The fourth-order valence-corrected chi connectivity index (χ4v) is 2.68. The SMILES string of the molecule is Cc1ccc(C(=O)N2CCCC(C(=O)NCCN)C2)c(F)c1.Cl. The van der Waals surface area contributed by atoms with Gasteiger partial charge in [-0.25, -0.2) is 4.39 Å². The summed E-state index contributed by atoms with van der Waals surface area (Å²) in [6.07, 6.45) is 1.47. The van der Waals surface area contributed by atoms with Gasteiger partial charge in [0.2, 0.25) is 5.91 Å². The molecule has 1 aromatic carbocycles. The highest BCUT2D eigenvalue weighted by molar-refractivity contribution is 5.95. The van der Waals surface area contributed by atoms with Gasteiger partial charge in [-0.2, -0.15) is 0 Å². The summed E-state index contributed by atoms with van der Waals surface area (Å²) < 4.78 is 13.9. The molecule has 5 nitrogen and oxygen atoms in total. The van der Waals surface area contributed by atoms with Crippen LogP contribution in [0.2, 0.25) is 0 Å². The molecule has 0 aromatic heterocycles. The number of nitrogens with one attached hydrogen (secondary N) is 1. The van der Waals surface area contributed by atoms with Crippen LogP contribution in [-0.2, 0) is 4.79 Å². The number of carbonyl (C=O) groups is 2. The summed E-state index contributed by atoms with van der Waals surface area (Å²) in [5, 5.41) is 2.74. The number of hydrogen-bond acceptors (Lipinski definition) is 3. The average molecular weight is 344 g/mol. The minimum atomic E-state index is -0.514. The van der Waals surface area contributed by atoms with E-state index >= 15 is 0 Å². The summed E-state index contributed by atoms with van der Waals surface area (Å²) in [6.45, 7) is 3.46. The lowest BCUT2D eigenvalue weighted by Gasteiger charge is -2.32. The summed E-state index contributed by atoms with van der Waals surface area (Å²) in [7, 11) is 0. The number of likely N-dealkylation sites (tertiary alicyclic amines) is 1. The predicted octanol–water partition coefficient (Wildman–Crippen LogP) is 1.48. The number of nitrogens with two attached hydrogens (primary N) is 1. The summed E-state index contributed by atoms with van der Waals surface area (Å²) in [4.78, 5) is 26.0. The molecule has 1 aromatic rings. The molecule has 1 heterocycles. The average Bonchev–Trinajstić information content (AvgIpc) is 2.52. The monoisotopic (exact) mass is 343 g/mol. The highest BCUT2D eigenvalue weighted by Crippen LogP contribution is 2.20. The Morgan fingerprint density at radius 3 is 2.83 bits per heavy atom. The summed E-state index contributed by atoms with van der Waals surface area (Å²) in [6, 6.07) is 4.57. The van der Waals surface area contributed by atoms with Crippen molar-refractivity contribution in [1.82, 2.24) is 10.2 Å². The van der Waals surface area contributed by atoms with Gasteiger partial charge < -0.3 is 16.0 Å². The van der Waals surface area contributed by atoms with Crippen molar-refractivity contribution in [1.29, 1.82) is 0 Å². The van der Waals surface area contributed by atoms with Crippen LogP contribution in [0.3, 0.4) is 0 Å². The molecular weight excluding hydrogens is 321 g/mol. The maximum atomic E-state index is 13.9. The molecule has 1 aliphatic heterocycles. The molecule has 1 atom stereocenters. The molecule has 0 saturated carbocycles. The van der Waals surface area contributed by atoms with Gasteiger partial charge in [-0.3, -0.25) is 9.59 Å². The number of rotatable bonds is 4. The number of amides is 2. The van der Waals surface area contributed by atoms with Crippen molar-refractivity contribution in [2.24, 2.45) is 11.7 Å². The quantitative estimate of drug-likeness (QED) is 0.869. The van der Waals surface area contributed by atoms with Gasteiger partial charge in [-0.05, 0) is 37.5 Å². The lowest BCUT2D eigenvalue weighted by Crippen LogP contribution is -2.46. The van der Waals surface area contributed by atoms with E-state index in [1.807, 2.05) is 0 Å². The topological polar surface area (TPSA) is 75.4 Å². The number of carbonyl (C=O) groups excluding carboxylic acids is 2. The van der Waals surface area contributed by atoms with Crippen LogP contribution in [0.1, 0.15) is 28.8 Å². The number of nitrogens with zero attached hydrogens (tertiary/aromatic N) is 1. The molecule has 0 aliphatic carbocycles. The van der Waals surface area contributed by atoms with Gasteiger partial charge in [0.1, 0.15) is 5.82 Å². The zero-order chi connectivity index (χ0) is 16.1. The zero-order valence-electron chi connectivity index (χ0n) is 13.2. The predicted molar refractivity (Wildman–Crippen MR) is 89.1 cm³/mol. The van der Waals surface area contributed by atoms with Crippen LogP contribution in [0.4, 0.5) is 4.39 Å². The summed E-state index contributed by atoms with van der Waals surface area (Å²) in [5.41, 5.74) is 6.20. The largest absolute Gasteiger partial charge is 0.355 e. The van der Waals surface area contributed by atoms with Crippen molar-refractivity contribution in [3.8, 4) is 0 Å². The summed E-state index contributed by atoms with van der Waals surface area (Å²) >= 11 is 0. The van der Waals surface area contributed by atoms with Gasteiger partial charge >= 0.3 is 0 Å². The van der Waals surface area contributed by atoms with Crippen molar-refractivity contribution in [2.75, 3.05) is 26.2 Å². The molecule has 1 aliphatic rings. The summed E-state index contributed by atoms with van der Waals surface area (Å²) in [5.74, 6) is -1.21. The van der Waals surface area contributed by atoms with Crippen LogP contribution in [-0.4, -0.2) is 42.9 Å². The minimum absolute atomic E-state index is 0. The first-order valence-electron chi connectivity index (χ1n) is 7.56. The van der Waals surface area contributed by atoms with Crippen LogP contribution in [0.5, 0.6) is 0 Å². The second-order valence-corrected chi connectivity index (χ2v) is 5.65. The highest BCUT2D eigenvalue weighted by Gasteiger charge is 2.29. The number of benzene rings is 1. The number of piperidine rings is 1. The van der Waals surface area contributed by atoms with Gasteiger partial charge in [-0.1, -0.05) is 6.07 Å². The number of hydrogen-bond donors (Lipinski definition) is 2. The third kappa shape index (κ3) is 4.91. The van der Waals surface area contributed by atoms with Crippen molar-refractivity contribution in [2.45, 2.75) is 19.8 Å². The van der Waals surface area contributed by atoms with Gasteiger partial charge in [-0.15, -0.1) is 12.4 Å². The van der Waals surface area contributed by atoms with E-state index in [9.17, 15) is 14.0 Å². The molecule has 3 N–H and O–H groups in total. The first kappa shape index (κ1) is 19.4. The third-order valence-electron chi connectivity index (χ3n) is 3.88. The van der Waals surface area contributed by atoms with E-state index in [2.05, 4.69) is 5.32 Å². The second-order valence-electron chi connectivity index (χ2n) is 5.65. The molecule has 7 heteroatoms. The molecule has 0 bridgehead atoms. The molecule has 0 spiro atoms. The van der Waals surface area contributed by atoms with Crippen LogP contribution in [0, 0.1) is 18.7 Å². The van der Waals surface area contributed by atoms with E-state index in [1.54, 1.807) is 17.9 Å². The van der Waals surface area contributed by atoms with Gasteiger partial charge in [0.15, 0.2) is 0 Å². The van der Waals surface area contributed by atoms with E-state index in [-0.39, 0.29) is 35.7 Å². The molecule has 1 fully saturated rings. The first-order chi connectivity index (χ1) is 10.5. The highest BCUT2D eigenvalue weighted by atomic mass is 35.5. The van der Waals surface area contributed by atoms with Crippen LogP contribution in [0.25, 0.3) is 0 Å². The lowest BCUT2D eigenvalue weighted by atomic mass is 9.96. The molecule has 128 valence electrons. The van der Waals surface area contributed by atoms with Gasteiger partial charge in [0.25, 0.3) is 5.91 Å². The standard InChI is InChI=1S/C16H22FN3O2.ClH/c1-11-4-5-13(14(17)9-11)16(22)20-8-2-3-12(10-20)15(21)19-7-6-18;/h4-5,9,12H,2-3,6-8,10,18H2,1H3,(H,19,21);1H. The Morgan fingerprint density at radius 2 is 2.17 bits per heavy atom. The van der Waals surface area contributed by atoms with Crippen LogP contribution < -0.4 is 11.1 Å². The Hall–Kier alpha value is -1.66. The van der Waals surface area contributed by atoms with Crippen LogP contribution >= 0.6 is 12.4 Å². The molecule has 0 radical (unpaired) electrons. The van der Waals surface area contributed by atoms with Crippen molar-refractivity contribution in [3.63, 3.8) is 0 Å². The smallest absolute Gasteiger partial charge is 0.256 e. The van der Waals surface area contributed by atoms with Crippen molar-refractivity contribution in [3.05, 3.63) is 35.1 Å². The second kappa shape index (κ2) is 8.84. The molecule has 2 rings (SSSR count). The maximum absolute atomic E-state index is 13.9. The Kier molecular flexibility index (Phi) is 7.45. The van der Waals surface area contributed by atoms with E-state index < -0.39 is 5.82 Å². The van der Waals surface area contributed by atoms with Crippen molar-refractivity contribution < 1.29 is 14.0 Å². The lowest BCUT2D eigenvalue weighted by molar-refractivity contribution is -0.126.